The van der Waals surface area contributed by atoms with E-state index in [-0.39, 0.29) is 18.2 Å². The first-order chi connectivity index (χ1) is 9.77. The number of hydrogen-bond donors (Lipinski definition) is 2. The maximum absolute atomic E-state index is 12.6. The van der Waals surface area contributed by atoms with Crippen molar-refractivity contribution in [1.82, 2.24) is 10.3 Å². The van der Waals surface area contributed by atoms with Gasteiger partial charge in [-0.1, -0.05) is 0 Å². The highest BCUT2D eigenvalue weighted by atomic mass is 19.4. The van der Waals surface area contributed by atoms with Crippen LogP contribution < -0.4 is 10.6 Å². The van der Waals surface area contributed by atoms with Crippen molar-refractivity contribution in [3.05, 3.63) is 23.4 Å². The lowest BCUT2D eigenvalue weighted by Gasteiger charge is -2.34. The molecule has 1 aliphatic heterocycles. The van der Waals surface area contributed by atoms with E-state index in [0.717, 1.165) is 18.8 Å². The van der Waals surface area contributed by atoms with Crippen LogP contribution in [0.15, 0.2) is 12.3 Å². The molecule has 4 nitrogen and oxygen atoms in total. The van der Waals surface area contributed by atoms with Crippen molar-refractivity contribution in [2.75, 3.05) is 18.4 Å². The molecule has 3 atom stereocenters. The van der Waals surface area contributed by atoms with Gasteiger partial charge in [0.2, 0.25) is 0 Å². The number of aryl methyl sites for hydroxylation is 1. The molecule has 0 aromatic carbocycles. The summed E-state index contributed by atoms with van der Waals surface area (Å²) in [5.74, 6) is 0.468. The van der Waals surface area contributed by atoms with Gasteiger partial charge in [0, 0.05) is 19.3 Å². The van der Waals surface area contributed by atoms with Crippen LogP contribution in [0.4, 0.5) is 19.0 Å². The van der Waals surface area contributed by atoms with Gasteiger partial charge in [-0.2, -0.15) is 13.2 Å². The average Bonchev–Trinajstić information content (AvgIpc) is 2.38. The number of aromatic nitrogens is 1. The fourth-order valence-corrected chi connectivity index (χ4v) is 2.35. The van der Waals surface area contributed by atoms with E-state index in [1.807, 2.05) is 13.8 Å². The fourth-order valence-electron chi connectivity index (χ4n) is 2.35. The van der Waals surface area contributed by atoms with Crippen molar-refractivity contribution in [1.29, 1.82) is 0 Å². The number of morpholine rings is 1. The summed E-state index contributed by atoms with van der Waals surface area (Å²) in [6, 6.07) is 1.20. The van der Waals surface area contributed by atoms with E-state index in [0.29, 0.717) is 17.9 Å². The van der Waals surface area contributed by atoms with Gasteiger partial charge >= 0.3 is 6.18 Å². The number of hydrogen-bond acceptors (Lipinski definition) is 4. The summed E-state index contributed by atoms with van der Waals surface area (Å²) >= 11 is 0. The summed E-state index contributed by atoms with van der Waals surface area (Å²) in [5, 5.41) is 6.43. The third-order valence-corrected chi connectivity index (χ3v) is 3.58. The Morgan fingerprint density at radius 3 is 2.71 bits per heavy atom. The van der Waals surface area contributed by atoms with Crippen LogP contribution in [0, 0.1) is 6.92 Å². The highest BCUT2D eigenvalue weighted by Crippen LogP contribution is 2.30. The molecule has 2 rings (SSSR count). The quantitative estimate of drug-likeness (QED) is 0.901. The van der Waals surface area contributed by atoms with Crippen LogP contribution in [0.2, 0.25) is 0 Å². The monoisotopic (exact) mass is 303 g/mol. The molecule has 1 aromatic heterocycles. The second kappa shape index (κ2) is 6.19. The number of alkyl halides is 3. The second-order valence-electron chi connectivity index (χ2n) is 5.43. The van der Waals surface area contributed by atoms with Crippen LogP contribution in [0.25, 0.3) is 0 Å². The Kier molecular flexibility index (Phi) is 4.73. The molecule has 0 amide bonds. The smallest absolute Gasteiger partial charge is 0.373 e. The number of pyridine rings is 1. The Morgan fingerprint density at radius 1 is 1.43 bits per heavy atom. The minimum atomic E-state index is -4.36. The van der Waals surface area contributed by atoms with E-state index in [2.05, 4.69) is 15.6 Å². The molecule has 1 aromatic rings. The Hall–Kier alpha value is -1.34. The van der Waals surface area contributed by atoms with Gasteiger partial charge in [-0.3, -0.25) is 0 Å². The molecule has 118 valence electrons. The summed E-state index contributed by atoms with van der Waals surface area (Å²) in [6.07, 6.45) is -3.30. The first-order valence-corrected chi connectivity index (χ1v) is 6.94. The molecule has 1 fully saturated rings. The van der Waals surface area contributed by atoms with E-state index in [4.69, 9.17) is 4.74 Å². The standard InChI is InChI=1S/C14H20F3N3O/c1-8-4-11(14(15,16)17)6-19-13(8)20-7-12-10(3)21-9(2)5-18-12/h4,6,9-10,12,18H,5,7H2,1-3H3,(H,19,20)/t9-,10+,12-/m1/s1. The fraction of sp³-hybridized carbons (Fsp3) is 0.643. The van der Waals surface area contributed by atoms with Crippen LogP contribution in [-0.2, 0) is 10.9 Å². The van der Waals surface area contributed by atoms with E-state index < -0.39 is 11.7 Å². The summed E-state index contributed by atoms with van der Waals surface area (Å²) in [7, 11) is 0. The molecule has 0 unspecified atom stereocenters. The molecule has 1 aliphatic rings. The topological polar surface area (TPSA) is 46.2 Å². The summed E-state index contributed by atoms with van der Waals surface area (Å²) in [4.78, 5) is 3.87. The van der Waals surface area contributed by atoms with E-state index in [1.165, 1.54) is 0 Å². The first kappa shape index (κ1) is 16.0. The van der Waals surface area contributed by atoms with Crippen molar-refractivity contribution >= 4 is 5.82 Å². The van der Waals surface area contributed by atoms with E-state index >= 15 is 0 Å². The van der Waals surface area contributed by atoms with Crippen molar-refractivity contribution < 1.29 is 17.9 Å². The van der Waals surface area contributed by atoms with Crippen LogP contribution in [0.1, 0.15) is 25.0 Å². The molecular weight excluding hydrogens is 283 g/mol. The molecule has 0 radical (unpaired) electrons. The van der Waals surface area contributed by atoms with Gasteiger partial charge in [0.05, 0.1) is 23.8 Å². The van der Waals surface area contributed by atoms with Crippen molar-refractivity contribution in [2.24, 2.45) is 0 Å². The molecule has 0 bridgehead atoms. The van der Waals surface area contributed by atoms with Gasteiger partial charge in [0.25, 0.3) is 0 Å². The highest BCUT2D eigenvalue weighted by molar-refractivity contribution is 5.45. The Labute approximate surface area is 122 Å². The largest absolute Gasteiger partial charge is 0.417 e. The summed E-state index contributed by atoms with van der Waals surface area (Å²) in [5.41, 5.74) is -0.255. The predicted octanol–water partition coefficient (Wildman–Crippen LogP) is 2.59. The van der Waals surface area contributed by atoms with Crippen LogP contribution in [0.5, 0.6) is 0 Å². The summed E-state index contributed by atoms with van der Waals surface area (Å²) in [6.45, 7) is 6.89. The molecular formula is C14H20F3N3O. The average molecular weight is 303 g/mol. The number of rotatable bonds is 3. The SMILES string of the molecule is Cc1cc(C(F)(F)F)cnc1NC[C@H]1NC[C@@H](C)O[C@H]1C. The highest BCUT2D eigenvalue weighted by Gasteiger charge is 2.31. The van der Waals surface area contributed by atoms with Crippen molar-refractivity contribution in [3.63, 3.8) is 0 Å². The van der Waals surface area contributed by atoms with Gasteiger partial charge in [-0.25, -0.2) is 4.98 Å². The Bertz CT molecular complexity index is 493. The molecule has 0 spiro atoms. The molecule has 7 heteroatoms. The Balaban J connectivity index is 1.97. The number of anilines is 1. The maximum atomic E-state index is 12.6. The van der Waals surface area contributed by atoms with Gasteiger partial charge in [-0.05, 0) is 32.4 Å². The first-order valence-electron chi connectivity index (χ1n) is 6.94. The number of nitrogens with one attached hydrogen (secondary N) is 2. The second-order valence-corrected chi connectivity index (χ2v) is 5.43. The molecule has 2 heterocycles. The third-order valence-electron chi connectivity index (χ3n) is 3.58. The minimum Gasteiger partial charge on any atom is -0.373 e. The molecule has 0 saturated carbocycles. The van der Waals surface area contributed by atoms with Crippen molar-refractivity contribution in [3.8, 4) is 0 Å². The number of ether oxygens (including phenoxy) is 1. The van der Waals surface area contributed by atoms with E-state index in [9.17, 15) is 13.2 Å². The van der Waals surface area contributed by atoms with Gasteiger partial charge in [-0.15, -0.1) is 0 Å². The zero-order chi connectivity index (χ0) is 15.6. The van der Waals surface area contributed by atoms with Crippen LogP contribution >= 0.6 is 0 Å². The number of halogens is 3. The lowest BCUT2D eigenvalue weighted by atomic mass is 10.1. The third kappa shape index (κ3) is 4.07. The molecule has 2 N–H and O–H groups in total. The molecule has 21 heavy (non-hydrogen) atoms. The van der Waals surface area contributed by atoms with E-state index in [1.54, 1.807) is 6.92 Å². The zero-order valence-electron chi connectivity index (χ0n) is 12.3. The minimum absolute atomic E-state index is 0.0380. The van der Waals surface area contributed by atoms with Crippen LogP contribution in [0.3, 0.4) is 0 Å². The number of nitrogens with zero attached hydrogens (tertiary/aromatic N) is 1. The normalized spacial score (nSPS) is 26.7. The molecule has 1 saturated heterocycles. The Morgan fingerprint density at radius 2 is 2.14 bits per heavy atom. The van der Waals surface area contributed by atoms with Crippen molar-refractivity contribution in [2.45, 2.75) is 45.2 Å². The lowest BCUT2D eigenvalue weighted by Crippen LogP contribution is -2.53. The maximum Gasteiger partial charge on any atom is 0.417 e. The molecule has 0 aliphatic carbocycles. The summed E-state index contributed by atoms with van der Waals surface area (Å²) < 4.78 is 43.4. The van der Waals surface area contributed by atoms with Gasteiger partial charge in [0.15, 0.2) is 0 Å². The predicted molar refractivity (Wildman–Crippen MR) is 74.3 cm³/mol. The van der Waals surface area contributed by atoms with Crippen LogP contribution in [-0.4, -0.2) is 36.3 Å². The lowest BCUT2D eigenvalue weighted by molar-refractivity contribution is -0.137. The van der Waals surface area contributed by atoms with Gasteiger partial charge in [0.1, 0.15) is 5.82 Å². The zero-order valence-corrected chi connectivity index (χ0v) is 12.3. The van der Waals surface area contributed by atoms with Gasteiger partial charge < -0.3 is 15.4 Å².